The van der Waals surface area contributed by atoms with Crippen LogP contribution in [-0.4, -0.2) is 18.6 Å². The van der Waals surface area contributed by atoms with Crippen LogP contribution in [0.4, 0.5) is 0 Å². The van der Waals surface area contributed by atoms with Gasteiger partial charge in [-0.25, -0.2) is 0 Å². The van der Waals surface area contributed by atoms with Gasteiger partial charge in [0.1, 0.15) is 0 Å². The number of rotatable bonds is 6. The molecule has 0 aliphatic heterocycles. The van der Waals surface area contributed by atoms with E-state index < -0.39 is 0 Å². The predicted molar refractivity (Wildman–Crippen MR) is 55.2 cm³/mol. The number of hydrogen-bond donors (Lipinski definition) is 2. The van der Waals surface area contributed by atoms with E-state index in [0.717, 1.165) is 6.54 Å². The molecule has 0 spiro atoms. The second-order valence-corrected chi connectivity index (χ2v) is 3.80. The Morgan fingerprint density at radius 3 is 2.00 bits per heavy atom. The summed E-state index contributed by atoms with van der Waals surface area (Å²) < 4.78 is 0. The molecule has 1 atom stereocenters. The summed E-state index contributed by atoms with van der Waals surface area (Å²) in [6.07, 6.45) is 2.38. The fourth-order valence-electron chi connectivity index (χ4n) is 1.43. The largest absolute Gasteiger partial charge is 0.326 e. The molecule has 12 heavy (non-hydrogen) atoms. The maximum atomic E-state index is 6.02. The molecule has 74 valence electrons. The summed E-state index contributed by atoms with van der Waals surface area (Å²) in [5, 5.41) is 3.37. The van der Waals surface area contributed by atoms with Gasteiger partial charge in [-0.3, -0.25) is 0 Å². The fourth-order valence-corrected chi connectivity index (χ4v) is 1.43. The van der Waals surface area contributed by atoms with Gasteiger partial charge in [0.25, 0.3) is 0 Å². The lowest BCUT2D eigenvalue weighted by atomic mass is 9.95. The lowest BCUT2D eigenvalue weighted by molar-refractivity contribution is 0.370. The van der Waals surface area contributed by atoms with Crippen LogP contribution in [0.5, 0.6) is 0 Å². The molecule has 0 aliphatic carbocycles. The Balaban J connectivity index is 3.61. The summed E-state index contributed by atoms with van der Waals surface area (Å²) in [4.78, 5) is 0. The third-order valence-corrected chi connectivity index (χ3v) is 2.42. The molecule has 1 unspecified atom stereocenters. The van der Waals surface area contributed by atoms with Crippen molar-refractivity contribution in [2.24, 2.45) is 11.7 Å². The smallest absolute Gasteiger partial charge is 0.0193 e. The second kappa shape index (κ2) is 6.44. The molecule has 2 nitrogen and oxygen atoms in total. The fraction of sp³-hybridized carbons (Fsp3) is 1.00. The summed E-state index contributed by atoms with van der Waals surface area (Å²) >= 11 is 0. The van der Waals surface area contributed by atoms with Crippen LogP contribution in [0.15, 0.2) is 0 Å². The lowest BCUT2D eigenvalue weighted by Crippen LogP contribution is -2.41. The van der Waals surface area contributed by atoms with Crippen molar-refractivity contribution in [3.63, 3.8) is 0 Å². The zero-order valence-corrected chi connectivity index (χ0v) is 8.93. The van der Waals surface area contributed by atoms with Gasteiger partial charge in [0.15, 0.2) is 0 Å². The first-order valence-corrected chi connectivity index (χ1v) is 5.10. The minimum absolute atomic E-state index is 0.322. The van der Waals surface area contributed by atoms with Gasteiger partial charge < -0.3 is 11.1 Å². The van der Waals surface area contributed by atoms with Crippen LogP contribution >= 0.6 is 0 Å². The molecule has 0 heterocycles. The molecular formula is C10H24N2. The van der Waals surface area contributed by atoms with Gasteiger partial charge in [0.2, 0.25) is 0 Å². The van der Waals surface area contributed by atoms with Crippen LogP contribution < -0.4 is 11.1 Å². The second-order valence-electron chi connectivity index (χ2n) is 3.80. The number of hydrogen-bond acceptors (Lipinski definition) is 2. The summed E-state index contributed by atoms with van der Waals surface area (Å²) in [5.74, 6) is 0.677. The normalized spacial score (nSPS) is 14.2. The Hall–Kier alpha value is -0.0800. The third-order valence-electron chi connectivity index (χ3n) is 2.42. The zero-order valence-electron chi connectivity index (χ0n) is 8.93. The highest BCUT2D eigenvalue weighted by molar-refractivity contribution is 4.73. The van der Waals surface area contributed by atoms with Crippen molar-refractivity contribution >= 4 is 0 Å². The van der Waals surface area contributed by atoms with Gasteiger partial charge in [0.05, 0.1) is 0 Å². The molecule has 0 aromatic rings. The molecule has 0 saturated carbocycles. The molecule has 0 radical (unpaired) electrons. The monoisotopic (exact) mass is 172 g/mol. The van der Waals surface area contributed by atoms with Crippen LogP contribution in [0.2, 0.25) is 0 Å². The highest BCUT2D eigenvalue weighted by atomic mass is 14.9. The molecule has 3 N–H and O–H groups in total. The average molecular weight is 172 g/mol. The average Bonchev–Trinajstić information content (AvgIpc) is 2.03. The topological polar surface area (TPSA) is 38.0 Å². The number of nitrogens with two attached hydrogens (primary N) is 1. The molecule has 0 saturated heterocycles. The van der Waals surface area contributed by atoms with Crippen molar-refractivity contribution in [1.29, 1.82) is 0 Å². The van der Waals surface area contributed by atoms with E-state index in [1.54, 1.807) is 0 Å². The van der Waals surface area contributed by atoms with E-state index in [0.29, 0.717) is 18.0 Å². The maximum absolute atomic E-state index is 6.02. The van der Waals surface area contributed by atoms with E-state index >= 15 is 0 Å². The van der Waals surface area contributed by atoms with Crippen molar-refractivity contribution < 1.29 is 0 Å². The summed E-state index contributed by atoms with van der Waals surface area (Å²) in [7, 11) is 0. The predicted octanol–water partition coefficient (Wildman–Crippen LogP) is 1.75. The van der Waals surface area contributed by atoms with E-state index in [1.807, 2.05) is 0 Å². The van der Waals surface area contributed by atoms with E-state index in [9.17, 15) is 0 Å². The van der Waals surface area contributed by atoms with Crippen LogP contribution in [0, 0.1) is 5.92 Å². The maximum Gasteiger partial charge on any atom is 0.0193 e. The Bertz CT molecular complexity index is 98.0. The van der Waals surface area contributed by atoms with Crippen LogP contribution in [0.25, 0.3) is 0 Å². The van der Waals surface area contributed by atoms with Crippen LogP contribution in [0.3, 0.4) is 0 Å². The molecule has 0 amide bonds. The molecular weight excluding hydrogens is 148 g/mol. The van der Waals surface area contributed by atoms with Crippen LogP contribution in [0.1, 0.15) is 40.5 Å². The van der Waals surface area contributed by atoms with E-state index in [-0.39, 0.29) is 0 Å². The quantitative estimate of drug-likeness (QED) is 0.640. The lowest BCUT2D eigenvalue weighted by Gasteiger charge is -2.22. The van der Waals surface area contributed by atoms with Gasteiger partial charge in [0, 0.05) is 18.6 Å². The van der Waals surface area contributed by atoms with Crippen molar-refractivity contribution in [3.05, 3.63) is 0 Å². The molecule has 0 aliphatic rings. The highest BCUT2D eigenvalue weighted by Crippen LogP contribution is 2.10. The SMILES string of the molecule is CCC(CC)C(N)CNC(C)C. The van der Waals surface area contributed by atoms with Gasteiger partial charge in [-0.2, -0.15) is 0 Å². The highest BCUT2D eigenvalue weighted by Gasteiger charge is 2.13. The van der Waals surface area contributed by atoms with Crippen molar-refractivity contribution in [2.45, 2.75) is 52.6 Å². The zero-order chi connectivity index (χ0) is 9.56. The first-order chi connectivity index (χ1) is 5.61. The molecule has 0 aromatic carbocycles. The van der Waals surface area contributed by atoms with E-state index in [2.05, 4.69) is 33.0 Å². The van der Waals surface area contributed by atoms with Gasteiger partial charge in [-0.05, 0) is 5.92 Å². The Kier molecular flexibility index (Phi) is 6.39. The summed E-state index contributed by atoms with van der Waals surface area (Å²) in [5.41, 5.74) is 6.02. The van der Waals surface area contributed by atoms with Gasteiger partial charge in [-0.15, -0.1) is 0 Å². The molecule has 0 aromatic heterocycles. The number of nitrogens with one attached hydrogen (secondary N) is 1. The van der Waals surface area contributed by atoms with Crippen LogP contribution in [-0.2, 0) is 0 Å². The van der Waals surface area contributed by atoms with Crippen molar-refractivity contribution in [2.75, 3.05) is 6.54 Å². The van der Waals surface area contributed by atoms with Gasteiger partial charge >= 0.3 is 0 Å². The first kappa shape index (κ1) is 11.9. The third kappa shape index (κ3) is 4.73. The van der Waals surface area contributed by atoms with Crippen molar-refractivity contribution in [3.8, 4) is 0 Å². The summed E-state index contributed by atoms with van der Waals surface area (Å²) in [6, 6.07) is 0.868. The minimum atomic E-state index is 0.322. The Morgan fingerprint density at radius 2 is 1.67 bits per heavy atom. The molecule has 2 heteroatoms. The Morgan fingerprint density at radius 1 is 1.17 bits per heavy atom. The standard InChI is InChI=1S/C10H24N2/c1-5-9(6-2)10(11)7-12-8(3)4/h8-10,12H,5-7,11H2,1-4H3. The minimum Gasteiger partial charge on any atom is -0.326 e. The molecule has 0 bridgehead atoms. The Labute approximate surface area is 76.9 Å². The summed E-state index contributed by atoms with van der Waals surface area (Å²) in [6.45, 7) is 9.68. The van der Waals surface area contributed by atoms with E-state index in [1.165, 1.54) is 12.8 Å². The first-order valence-electron chi connectivity index (χ1n) is 5.10. The van der Waals surface area contributed by atoms with Gasteiger partial charge in [-0.1, -0.05) is 40.5 Å². The molecule has 0 fully saturated rings. The van der Waals surface area contributed by atoms with Crippen molar-refractivity contribution in [1.82, 2.24) is 5.32 Å². The molecule has 0 rings (SSSR count). The van der Waals surface area contributed by atoms with E-state index in [4.69, 9.17) is 5.73 Å².